The van der Waals surface area contributed by atoms with Gasteiger partial charge in [0.15, 0.2) is 0 Å². The smallest absolute Gasteiger partial charge is 0.243 e. The highest BCUT2D eigenvalue weighted by molar-refractivity contribution is 5.91. The number of rotatable bonds is 2. The summed E-state index contributed by atoms with van der Waals surface area (Å²) < 4.78 is 0. The van der Waals surface area contributed by atoms with Gasteiger partial charge in [0, 0.05) is 13.1 Å². The van der Waals surface area contributed by atoms with Gasteiger partial charge in [-0.15, -0.1) is 0 Å². The topological polar surface area (TPSA) is 49.3 Å². The molecule has 1 amide bonds. The van der Waals surface area contributed by atoms with Gasteiger partial charge in [-0.2, -0.15) is 0 Å². The summed E-state index contributed by atoms with van der Waals surface area (Å²) in [5.41, 5.74) is 0.876. The van der Waals surface area contributed by atoms with Crippen molar-refractivity contribution in [1.82, 2.24) is 5.32 Å². The minimum atomic E-state index is -0.145. The quantitative estimate of drug-likeness (QED) is 0.666. The molecule has 13 heavy (non-hydrogen) atoms. The number of likely N-dealkylation sites (N-methyl/N-ethyl adjacent to an activating group) is 1. The molecular weight excluding hydrogens is 166 g/mol. The second-order valence-electron chi connectivity index (χ2n) is 2.54. The maximum atomic E-state index is 10.8. The van der Waals surface area contributed by atoms with Crippen LogP contribution in [0.25, 0.3) is 6.08 Å². The Kier molecular flexibility index (Phi) is 3.09. The highest BCUT2D eigenvalue weighted by Crippen LogP contribution is 2.10. The fourth-order valence-electron chi connectivity index (χ4n) is 0.841. The van der Waals surface area contributed by atoms with Gasteiger partial charge in [0.1, 0.15) is 5.75 Å². The van der Waals surface area contributed by atoms with E-state index >= 15 is 0 Å². The lowest BCUT2D eigenvalue weighted by atomic mass is 10.2. The molecule has 0 aromatic heterocycles. The van der Waals surface area contributed by atoms with Crippen LogP contribution in [0, 0.1) is 0 Å². The summed E-state index contributed by atoms with van der Waals surface area (Å²) in [6, 6.07) is 6.61. The summed E-state index contributed by atoms with van der Waals surface area (Å²) in [5, 5.41) is 11.4. The minimum Gasteiger partial charge on any atom is -0.508 e. The number of phenolic OH excluding ortho intramolecular Hbond substituents is 1. The molecule has 1 aromatic carbocycles. The van der Waals surface area contributed by atoms with Gasteiger partial charge < -0.3 is 10.4 Å². The SMILES string of the molecule is CNC(=O)C=Cc1ccc(O)cc1. The first-order chi connectivity index (χ1) is 6.22. The molecule has 0 heterocycles. The van der Waals surface area contributed by atoms with Crippen molar-refractivity contribution < 1.29 is 9.90 Å². The Bertz CT molecular complexity index is 314. The Morgan fingerprint density at radius 1 is 1.38 bits per heavy atom. The number of benzene rings is 1. The predicted octanol–water partition coefficient (Wildman–Crippen LogP) is 1.15. The van der Waals surface area contributed by atoms with Crippen LogP contribution in [0.5, 0.6) is 5.75 Å². The third-order valence-corrected chi connectivity index (χ3v) is 1.57. The molecule has 0 bridgehead atoms. The van der Waals surface area contributed by atoms with E-state index in [1.165, 1.54) is 6.08 Å². The molecule has 68 valence electrons. The Balaban J connectivity index is 2.69. The zero-order valence-electron chi connectivity index (χ0n) is 7.32. The molecule has 0 aliphatic carbocycles. The monoisotopic (exact) mass is 177 g/mol. The molecule has 0 aliphatic heterocycles. The van der Waals surface area contributed by atoms with E-state index in [1.54, 1.807) is 37.4 Å². The van der Waals surface area contributed by atoms with Crippen LogP contribution in [-0.2, 0) is 4.79 Å². The molecule has 2 N–H and O–H groups in total. The molecule has 1 rings (SSSR count). The first-order valence-corrected chi connectivity index (χ1v) is 3.91. The second-order valence-corrected chi connectivity index (χ2v) is 2.54. The van der Waals surface area contributed by atoms with Crippen molar-refractivity contribution in [2.45, 2.75) is 0 Å². The maximum absolute atomic E-state index is 10.8. The van der Waals surface area contributed by atoms with E-state index in [0.717, 1.165) is 5.56 Å². The Morgan fingerprint density at radius 3 is 2.54 bits per heavy atom. The number of hydrogen-bond acceptors (Lipinski definition) is 2. The van der Waals surface area contributed by atoms with Gasteiger partial charge in [0.25, 0.3) is 0 Å². The number of phenols is 1. The average molecular weight is 177 g/mol. The zero-order chi connectivity index (χ0) is 9.68. The molecule has 0 atom stereocenters. The summed E-state index contributed by atoms with van der Waals surface area (Å²) in [7, 11) is 1.57. The Morgan fingerprint density at radius 2 is 2.00 bits per heavy atom. The highest BCUT2D eigenvalue weighted by Gasteiger charge is 1.90. The third-order valence-electron chi connectivity index (χ3n) is 1.57. The summed E-state index contributed by atoms with van der Waals surface area (Å²) in [4.78, 5) is 10.8. The minimum absolute atomic E-state index is 0.145. The molecule has 0 aliphatic rings. The van der Waals surface area contributed by atoms with Crippen LogP contribution in [0.1, 0.15) is 5.56 Å². The van der Waals surface area contributed by atoms with E-state index in [0.29, 0.717) is 0 Å². The Hall–Kier alpha value is -1.77. The van der Waals surface area contributed by atoms with Crippen LogP contribution in [0.3, 0.4) is 0 Å². The number of carbonyl (C=O) groups excluding carboxylic acids is 1. The first kappa shape index (κ1) is 9.32. The first-order valence-electron chi connectivity index (χ1n) is 3.91. The van der Waals surface area contributed by atoms with Crippen molar-refractivity contribution in [2.75, 3.05) is 7.05 Å². The van der Waals surface area contributed by atoms with Gasteiger partial charge in [0.2, 0.25) is 5.91 Å². The number of aromatic hydroxyl groups is 1. The fourth-order valence-corrected chi connectivity index (χ4v) is 0.841. The number of amides is 1. The Labute approximate surface area is 76.7 Å². The van der Waals surface area contributed by atoms with E-state index < -0.39 is 0 Å². The van der Waals surface area contributed by atoms with Crippen LogP contribution in [0.15, 0.2) is 30.3 Å². The maximum Gasteiger partial charge on any atom is 0.243 e. The molecule has 3 nitrogen and oxygen atoms in total. The lowest BCUT2D eigenvalue weighted by Crippen LogP contribution is -2.13. The standard InChI is InChI=1S/C10H11NO2/c1-11-10(13)7-4-8-2-5-9(12)6-3-8/h2-7,12H,1H3,(H,11,13). The molecule has 0 spiro atoms. The van der Waals surface area contributed by atoms with Crippen LogP contribution in [0.2, 0.25) is 0 Å². The third kappa shape index (κ3) is 2.99. The van der Waals surface area contributed by atoms with Crippen molar-refractivity contribution >= 4 is 12.0 Å². The molecule has 0 saturated carbocycles. The second kappa shape index (κ2) is 4.30. The van der Waals surface area contributed by atoms with Crippen molar-refractivity contribution in [1.29, 1.82) is 0 Å². The van der Waals surface area contributed by atoms with Gasteiger partial charge in [0.05, 0.1) is 0 Å². The molecule has 0 unspecified atom stereocenters. The van der Waals surface area contributed by atoms with E-state index in [9.17, 15) is 4.79 Å². The summed E-state index contributed by atoms with van der Waals surface area (Å²) in [5.74, 6) is 0.0742. The summed E-state index contributed by atoms with van der Waals surface area (Å²) >= 11 is 0. The molecule has 1 aromatic rings. The van der Waals surface area contributed by atoms with E-state index in [1.807, 2.05) is 0 Å². The fraction of sp³-hybridized carbons (Fsp3) is 0.100. The van der Waals surface area contributed by atoms with Gasteiger partial charge in [-0.05, 0) is 23.8 Å². The van der Waals surface area contributed by atoms with Crippen LogP contribution < -0.4 is 5.32 Å². The van der Waals surface area contributed by atoms with Gasteiger partial charge >= 0.3 is 0 Å². The van der Waals surface area contributed by atoms with Crippen molar-refractivity contribution in [2.24, 2.45) is 0 Å². The normalized spacial score (nSPS) is 10.2. The average Bonchev–Trinajstić information content (AvgIpc) is 2.16. The lowest BCUT2D eigenvalue weighted by Gasteiger charge is -1.93. The predicted molar refractivity (Wildman–Crippen MR) is 51.2 cm³/mol. The molecule has 0 saturated heterocycles. The number of carbonyl (C=O) groups is 1. The highest BCUT2D eigenvalue weighted by atomic mass is 16.3. The van der Waals surface area contributed by atoms with Crippen LogP contribution in [0.4, 0.5) is 0 Å². The zero-order valence-corrected chi connectivity index (χ0v) is 7.32. The number of nitrogens with one attached hydrogen (secondary N) is 1. The lowest BCUT2D eigenvalue weighted by molar-refractivity contribution is -0.115. The van der Waals surface area contributed by atoms with Crippen molar-refractivity contribution in [3.05, 3.63) is 35.9 Å². The largest absolute Gasteiger partial charge is 0.508 e. The van der Waals surface area contributed by atoms with E-state index in [4.69, 9.17) is 5.11 Å². The summed E-state index contributed by atoms with van der Waals surface area (Å²) in [6.07, 6.45) is 3.12. The van der Waals surface area contributed by atoms with Crippen molar-refractivity contribution in [3.8, 4) is 5.75 Å². The molecule has 0 fully saturated rings. The van der Waals surface area contributed by atoms with Crippen LogP contribution >= 0.6 is 0 Å². The van der Waals surface area contributed by atoms with E-state index in [2.05, 4.69) is 5.32 Å². The van der Waals surface area contributed by atoms with Gasteiger partial charge in [-0.1, -0.05) is 12.1 Å². The van der Waals surface area contributed by atoms with Crippen molar-refractivity contribution in [3.63, 3.8) is 0 Å². The number of hydrogen-bond donors (Lipinski definition) is 2. The summed E-state index contributed by atoms with van der Waals surface area (Å²) in [6.45, 7) is 0. The molecule has 3 heteroatoms. The van der Waals surface area contributed by atoms with Crippen LogP contribution in [-0.4, -0.2) is 18.1 Å². The van der Waals surface area contributed by atoms with Gasteiger partial charge in [-0.3, -0.25) is 4.79 Å². The van der Waals surface area contributed by atoms with E-state index in [-0.39, 0.29) is 11.7 Å². The van der Waals surface area contributed by atoms with Gasteiger partial charge in [-0.25, -0.2) is 0 Å². The molecular formula is C10H11NO2. The molecule has 0 radical (unpaired) electrons.